The molecule has 20 heavy (non-hydrogen) atoms. The van der Waals surface area contributed by atoms with Crippen molar-refractivity contribution in [1.82, 2.24) is 5.32 Å². The van der Waals surface area contributed by atoms with E-state index < -0.39 is 0 Å². The van der Waals surface area contributed by atoms with E-state index in [-0.39, 0.29) is 0 Å². The highest BCUT2D eigenvalue weighted by Crippen LogP contribution is 2.52. The maximum absolute atomic E-state index is 3.67. The van der Waals surface area contributed by atoms with Gasteiger partial charge in [-0.2, -0.15) is 0 Å². The smallest absolute Gasteiger partial charge is 0.0351 e. The molecule has 1 N–H and O–H groups in total. The zero-order valence-electron chi connectivity index (χ0n) is 13.3. The van der Waals surface area contributed by atoms with Crippen LogP contribution in [0.1, 0.15) is 62.3 Å². The zero-order valence-corrected chi connectivity index (χ0v) is 13.3. The Hall–Kier alpha value is -0.820. The summed E-state index contributed by atoms with van der Waals surface area (Å²) in [6.07, 6.45) is 8.21. The molecule has 0 spiro atoms. The Morgan fingerprint density at radius 2 is 2.00 bits per heavy atom. The third-order valence-electron chi connectivity index (χ3n) is 5.87. The molecule has 2 aliphatic rings. The van der Waals surface area contributed by atoms with E-state index in [1.807, 2.05) is 0 Å². The van der Waals surface area contributed by atoms with Gasteiger partial charge in [0.1, 0.15) is 0 Å². The van der Waals surface area contributed by atoms with E-state index in [2.05, 4.69) is 44.4 Å². The molecule has 1 nitrogen and oxygen atoms in total. The minimum Gasteiger partial charge on any atom is -0.313 e. The summed E-state index contributed by atoms with van der Waals surface area (Å²) in [7, 11) is 2.16. The lowest BCUT2D eigenvalue weighted by atomic mass is 9.78. The highest BCUT2D eigenvalue weighted by atomic mass is 14.9. The van der Waals surface area contributed by atoms with E-state index in [0.717, 1.165) is 30.6 Å². The molecular weight excluding hydrogens is 242 g/mol. The summed E-state index contributed by atoms with van der Waals surface area (Å²) < 4.78 is 0. The molecule has 110 valence electrons. The maximum atomic E-state index is 3.67. The quantitative estimate of drug-likeness (QED) is 0.831. The molecule has 2 bridgehead atoms. The third kappa shape index (κ3) is 2.41. The lowest BCUT2D eigenvalue weighted by molar-refractivity contribution is 0.259. The summed E-state index contributed by atoms with van der Waals surface area (Å²) in [6, 6.07) is 7.74. The lowest BCUT2D eigenvalue weighted by Gasteiger charge is -2.32. The molecule has 1 aromatic carbocycles. The van der Waals surface area contributed by atoms with Crippen LogP contribution in [0.2, 0.25) is 0 Å². The van der Waals surface area contributed by atoms with Crippen LogP contribution in [0.15, 0.2) is 18.2 Å². The van der Waals surface area contributed by atoms with Crippen LogP contribution in [-0.4, -0.2) is 7.05 Å². The molecular formula is C19H29N. The molecule has 4 atom stereocenters. The third-order valence-corrected chi connectivity index (χ3v) is 5.87. The van der Waals surface area contributed by atoms with E-state index in [1.54, 1.807) is 11.1 Å². The van der Waals surface area contributed by atoms with Crippen LogP contribution in [0.4, 0.5) is 0 Å². The zero-order chi connectivity index (χ0) is 14.1. The van der Waals surface area contributed by atoms with Gasteiger partial charge in [-0.3, -0.25) is 0 Å². The standard InChI is InChI=1S/C19H29N/c1-4-13-6-8-15(5-2)17(11-13)19(20-3)18-12-14-7-9-16(18)10-14/h6,8,11,14,16,18-20H,4-5,7,9-10,12H2,1-3H3. The van der Waals surface area contributed by atoms with Crippen molar-refractivity contribution in [3.63, 3.8) is 0 Å². The topological polar surface area (TPSA) is 12.0 Å². The molecule has 3 rings (SSSR count). The summed E-state index contributed by atoms with van der Waals surface area (Å²) in [4.78, 5) is 0. The van der Waals surface area contributed by atoms with Crippen LogP contribution >= 0.6 is 0 Å². The first-order valence-electron chi connectivity index (χ1n) is 8.55. The van der Waals surface area contributed by atoms with Gasteiger partial charge in [0.2, 0.25) is 0 Å². The number of rotatable bonds is 5. The number of hydrogen-bond acceptors (Lipinski definition) is 1. The van der Waals surface area contributed by atoms with Gasteiger partial charge < -0.3 is 5.32 Å². The summed E-state index contributed by atoms with van der Waals surface area (Å²) in [5, 5.41) is 3.67. The van der Waals surface area contributed by atoms with Gasteiger partial charge in [-0.25, -0.2) is 0 Å². The minimum atomic E-state index is 0.576. The molecule has 0 saturated heterocycles. The fraction of sp³-hybridized carbons (Fsp3) is 0.684. The second kappa shape index (κ2) is 5.89. The second-order valence-corrected chi connectivity index (χ2v) is 6.85. The molecule has 0 amide bonds. The van der Waals surface area contributed by atoms with Crippen molar-refractivity contribution >= 4 is 0 Å². The summed E-state index contributed by atoms with van der Waals surface area (Å²) in [5.41, 5.74) is 4.62. The summed E-state index contributed by atoms with van der Waals surface area (Å²) in [5.74, 6) is 2.88. The van der Waals surface area contributed by atoms with Crippen LogP contribution in [0, 0.1) is 17.8 Å². The molecule has 0 aliphatic heterocycles. The fourth-order valence-electron chi connectivity index (χ4n) is 4.78. The van der Waals surface area contributed by atoms with Crippen molar-refractivity contribution in [2.75, 3.05) is 7.05 Å². The molecule has 0 heterocycles. The predicted octanol–water partition coefficient (Wildman–Crippen LogP) is 4.51. The molecule has 2 aliphatic carbocycles. The van der Waals surface area contributed by atoms with Crippen molar-refractivity contribution in [3.8, 4) is 0 Å². The second-order valence-electron chi connectivity index (χ2n) is 6.85. The molecule has 4 unspecified atom stereocenters. The highest BCUT2D eigenvalue weighted by molar-refractivity contribution is 5.35. The number of fused-ring (bicyclic) bond motifs is 2. The first-order valence-corrected chi connectivity index (χ1v) is 8.55. The van der Waals surface area contributed by atoms with Gasteiger partial charge in [0.05, 0.1) is 0 Å². The summed E-state index contributed by atoms with van der Waals surface area (Å²) in [6.45, 7) is 4.55. The molecule has 1 aromatic rings. The van der Waals surface area contributed by atoms with Gasteiger partial charge in [0.25, 0.3) is 0 Å². The van der Waals surface area contributed by atoms with Gasteiger partial charge in [-0.1, -0.05) is 38.5 Å². The first kappa shape index (κ1) is 14.1. The van der Waals surface area contributed by atoms with Gasteiger partial charge in [-0.15, -0.1) is 0 Å². The largest absolute Gasteiger partial charge is 0.313 e. The van der Waals surface area contributed by atoms with Gasteiger partial charge in [0, 0.05) is 6.04 Å². The number of benzene rings is 1. The molecule has 1 heteroatoms. The molecule has 2 saturated carbocycles. The SMILES string of the molecule is CCc1ccc(CC)c(C(NC)C2CC3CCC2C3)c1. The van der Waals surface area contributed by atoms with Gasteiger partial charge in [-0.05, 0) is 73.6 Å². The Kier molecular flexibility index (Phi) is 4.16. The first-order chi connectivity index (χ1) is 9.76. The van der Waals surface area contributed by atoms with Crippen LogP contribution in [0.25, 0.3) is 0 Å². The number of aryl methyl sites for hydroxylation is 2. The Morgan fingerprint density at radius 3 is 2.55 bits per heavy atom. The normalized spacial score (nSPS) is 29.9. The highest BCUT2D eigenvalue weighted by Gasteiger charge is 2.43. The van der Waals surface area contributed by atoms with Gasteiger partial charge >= 0.3 is 0 Å². The molecule has 2 fully saturated rings. The van der Waals surface area contributed by atoms with Crippen LogP contribution in [0.3, 0.4) is 0 Å². The number of nitrogens with one attached hydrogen (secondary N) is 1. The van der Waals surface area contributed by atoms with Crippen molar-refractivity contribution in [2.24, 2.45) is 17.8 Å². The monoisotopic (exact) mass is 271 g/mol. The fourth-order valence-corrected chi connectivity index (χ4v) is 4.78. The Morgan fingerprint density at radius 1 is 1.15 bits per heavy atom. The molecule has 0 radical (unpaired) electrons. The number of hydrogen-bond donors (Lipinski definition) is 1. The minimum absolute atomic E-state index is 0.576. The van der Waals surface area contributed by atoms with Crippen molar-refractivity contribution in [3.05, 3.63) is 34.9 Å². The molecule has 0 aromatic heterocycles. The van der Waals surface area contributed by atoms with Crippen LogP contribution < -0.4 is 5.32 Å². The maximum Gasteiger partial charge on any atom is 0.0351 e. The Labute approximate surface area is 124 Å². The summed E-state index contributed by atoms with van der Waals surface area (Å²) >= 11 is 0. The predicted molar refractivity (Wildman–Crippen MR) is 85.9 cm³/mol. The van der Waals surface area contributed by atoms with E-state index in [0.29, 0.717) is 6.04 Å². The Bertz CT molecular complexity index is 465. The van der Waals surface area contributed by atoms with Crippen molar-refractivity contribution in [2.45, 2.75) is 58.4 Å². The van der Waals surface area contributed by atoms with E-state index in [9.17, 15) is 0 Å². The van der Waals surface area contributed by atoms with E-state index in [4.69, 9.17) is 0 Å². The Balaban J connectivity index is 1.92. The van der Waals surface area contributed by atoms with Crippen molar-refractivity contribution < 1.29 is 0 Å². The van der Waals surface area contributed by atoms with Gasteiger partial charge in [0.15, 0.2) is 0 Å². The van der Waals surface area contributed by atoms with E-state index in [1.165, 1.54) is 31.2 Å². The van der Waals surface area contributed by atoms with Crippen molar-refractivity contribution in [1.29, 1.82) is 0 Å². The average molecular weight is 271 g/mol. The van der Waals surface area contributed by atoms with Crippen LogP contribution in [-0.2, 0) is 12.8 Å². The average Bonchev–Trinajstić information content (AvgIpc) is 3.11. The lowest BCUT2D eigenvalue weighted by Crippen LogP contribution is -2.30. The van der Waals surface area contributed by atoms with Crippen LogP contribution in [0.5, 0.6) is 0 Å². The van der Waals surface area contributed by atoms with E-state index >= 15 is 0 Å².